The topological polar surface area (TPSA) is 74.8 Å². The number of halogens is 2. The van der Waals surface area contributed by atoms with Gasteiger partial charge in [0.15, 0.2) is 5.78 Å². The van der Waals surface area contributed by atoms with E-state index in [9.17, 15) is 19.2 Å². The largest absolute Gasteiger partial charge is 0.291 e. The Bertz CT molecular complexity index is 1060. The molecule has 0 N–H and O–H groups in total. The number of fused-ring (bicyclic) bond motifs is 1. The molecule has 1 aromatic carbocycles. The molecule has 2 aliphatic rings. The van der Waals surface area contributed by atoms with Crippen molar-refractivity contribution < 1.29 is 19.2 Å². The lowest BCUT2D eigenvalue weighted by Gasteiger charge is -2.30. The van der Waals surface area contributed by atoms with E-state index in [2.05, 4.69) is 0 Å². The van der Waals surface area contributed by atoms with Crippen LogP contribution in [0.1, 0.15) is 46.2 Å². The molecule has 31 heavy (non-hydrogen) atoms. The van der Waals surface area contributed by atoms with Gasteiger partial charge in [0.25, 0.3) is 17.7 Å². The minimum absolute atomic E-state index is 0.0638. The number of benzene rings is 1. The second kappa shape index (κ2) is 8.73. The van der Waals surface area contributed by atoms with Crippen LogP contribution in [0.5, 0.6) is 0 Å². The van der Waals surface area contributed by atoms with Crippen molar-refractivity contribution >= 4 is 58.0 Å². The van der Waals surface area contributed by atoms with Crippen LogP contribution in [0.2, 0.25) is 10.0 Å². The van der Waals surface area contributed by atoms with Gasteiger partial charge >= 0.3 is 0 Å². The summed E-state index contributed by atoms with van der Waals surface area (Å²) in [5.41, 5.74) is 0.0638. The smallest absolute Gasteiger partial charge is 0.274 e. The second-order valence-electron chi connectivity index (χ2n) is 8.01. The molecule has 1 saturated carbocycles. The van der Waals surface area contributed by atoms with Gasteiger partial charge in [0.05, 0.1) is 27.3 Å². The monoisotopic (exact) mass is 478 g/mol. The number of carbonyl (C=O) groups is 4. The Kier molecular flexibility index (Phi) is 6.19. The van der Waals surface area contributed by atoms with E-state index in [-0.39, 0.29) is 16.4 Å². The molecule has 0 bridgehead atoms. The molecule has 0 radical (unpaired) electrons. The third kappa shape index (κ3) is 4.14. The van der Waals surface area contributed by atoms with Crippen molar-refractivity contribution in [2.24, 2.45) is 17.8 Å². The first kappa shape index (κ1) is 22.0. The normalized spacial score (nSPS) is 23.1. The van der Waals surface area contributed by atoms with Crippen molar-refractivity contribution in [3.05, 3.63) is 56.2 Å². The molecule has 1 aliphatic heterocycles. The molecule has 4 rings (SSSR count). The number of Topliss-reactive ketones (excluding diaryl/α,β-unsaturated/α-hetero) is 1. The first-order chi connectivity index (χ1) is 14.8. The Morgan fingerprint density at radius 1 is 1.13 bits per heavy atom. The number of imide groups is 1. The molecule has 2 heterocycles. The molecule has 1 saturated heterocycles. The molecular formula is C22H20Cl2N2O4S. The summed E-state index contributed by atoms with van der Waals surface area (Å²) in [4.78, 5) is 53.1. The number of carbonyl (C=O) groups excluding carboxylic acids is 4. The molecule has 1 aliphatic carbocycles. The zero-order chi connectivity index (χ0) is 22.3. The van der Waals surface area contributed by atoms with Gasteiger partial charge in [-0.1, -0.05) is 36.2 Å². The van der Waals surface area contributed by atoms with Gasteiger partial charge in [0.2, 0.25) is 0 Å². The molecular weight excluding hydrogens is 459 g/mol. The van der Waals surface area contributed by atoms with Crippen molar-refractivity contribution in [2.45, 2.75) is 26.2 Å². The SMILES string of the molecule is C[C@@H]1CC[C@H]2C(=O)N(N(CC(=O)c3cccs3)C(=O)c3ccc(Cl)cc3Cl)C(=O)[C@@H]2C1. The van der Waals surface area contributed by atoms with E-state index in [0.29, 0.717) is 28.7 Å². The van der Waals surface area contributed by atoms with E-state index in [1.165, 1.54) is 29.5 Å². The predicted octanol–water partition coefficient (Wildman–Crippen LogP) is 4.72. The molecule has 3 atom stereocenters. The highest BCUT2D eigenvalue weighted by Gasteiger charge is 2.53. The van der Waals surface area contributed by atoms with Gasteiger partial charge in [0.1, 0.15) is 6.54 Å². The van der Waals surface area contributed by atoms with Gasteiger partial charge < -0.3 is 0 Å². The quantitative estimate of drug-likeness (QED) is 0.460. The summed E-state index contributed by atoms with van der Waals surface area (Å²) in [6, 6.07) is 7.69. The van der Waals surface area contributed by atoms with Crippen molar-refractivity contribution in [3.63, 3.8) is 0 Å². The molecule has 1 aromatic heterocycles. The molecule has 162 valence electrons. The average Bonchev–Trinajstić information content (AvgIpc) is 3.34. The maximum Gasteiger partial charge on any atom is 0.274 e. The van der Waals surface area contributed by atoms with E-state index >= 15 is 0 Å². The van der Waals surface area contributed by atoms with Crippen LogP contribution in [0.15, 0.2) is 35.7 Å². The van der Waals surface area contributed by atoms with Crippen LogP contribution in [-0.4, -0.2) is 40.1 Å². The molecule has 9 heteroatoms. The Labute approximate surface area is 193 Å². The van der Waals surface area contributed by atoms with E-state index in [4.69, 9.17) is 23.2 Å². The van der Waals surface area contributed by atoms with Crippen LogP contribution in [0.4, 0.5) is 0 Å². The maximum atomic E-state index is 13.4. The van der Waals surface area contributed by atoms with Gasteiger partial charge in [-0.2, -0.15) is 5.01 Å². The molecule has 6 nitrogen and oxygen atoms in total. The van der Waals surface area contributed by atoms with Crippen LogP contribution in [0, 0.1) is 17.8 Å². The van der Waals surface area contributed by atoms with Crippen LogP contribution in [-0.2, 0) is 9.59 Å². The highest BCUT2D eigenvalue weighted by Crippen LogP contribution is 2.41. The molecule has 3 amide bonds. The summed E-state index contributed by atoms with van der Waals surface area (Å²) in [6.07, 6.45) is 2.03. The van der Waals surface area contributed by atoms with Gasteiger partial charge in [-0.05, 0) is 54.8 Å². The van der Waals surface area contributed by atoms with Crippen molar-refractivity contribution in [1.29, 1.82) is 0 Å². The number of ketones is 1. The number of hydrazine groups is 1. The van der Waals surface area contributed by atoms with Gasteiger partial charge in [-0.3, -0.25) is 19.2 Å². The predicted molar refractivity (Wildman–Crippen MR) is 118 cm³/mol. The van der Waals surface area contributed by atoms with E-state index in [1.54, 1.807) is 17.5 Å². The van der Waals surface area contributed by atoms with Crippen LogP contribution in [0.25, 0.3) is 0 Å². The van der Waals surface area contributed by atoms with Crippen molar-refractivity contribution in [1.82, 2.24) is 10.0 Å². The lowest BCUT2D eigenvalue weighted by molar-refractivity contribution is -0.154. The Hall–Kier alpha value is -2.22. The number of hydrogen-bond donors (Lipinski definition) is 0. The highest BCUT2D eigenvalue weighted by molar-refractivity contribution is 7.12. The first-order valence-electron chi connectivity index (χ1n) is 9.99. The summed E-state index contributed by atoms with van der Waals surface area (Å²) < 4.78 is 0. The third-order valence-electron chi connectivity index (χ3n) is 5.89. The number of hydrogen-bond acceptors (Lipinski definition) is 5. The Balaban J connectivity index is 1.71. The summed E-state index contributed by atoms with van der Waals surface area (Å²) in [5.74, 6) is -2.53. The summed E-state index contributed by atoms with van der Waals surface area (Å²) >= 11 is 13.4. The number of thiophene rings is 1. The van der Waals surface area contributed by atoms with Crippen LogP contribution < -0.4 is 0 Å². The van der Waals surface area contributed by atoms with Crippen molar-refractivity contribution in [3.8, 4) is 0 Å². The minimum Gasteiger partial charge on any atom is -0.291 e. The lowest BCUT2D eigenvalue weighted by atomic mass is 9.76. The maximum absolute atomic E-state index is 13.4. The fourth-order valence-corrected chi connectivity index (χ4v) is 5.44. The van der Waals surface area contributed by atoms with Crippen LogP contribution in [0.3, 0.4) is 0 Å². The zero-order valence-corrected chi connectivity index (χ0v) is 19.0. The number of rotatable bonds is 5. The average molecular weight is 479 g/mol. The molecule has 2 aromatic rings. The summed E-state index contributed by atoms with van der Waals surface area (Å²) in [5, 5.41) is 4.00. The fraction of sp³-hybridized carbons (Fsp3) is 0.364. The third-order valence-corrected chi connectivity index (χ3v) is 7.35. The van der Waals surface area contributed by atoms with Gasteiger partial charge in [-0.15, -0.1) is 11.3 Å². The molecule has 0 unspecified atom stereocenters. The van der Waals surface area contributed by atoms with E-state index in [0.717, 1.165) is 16.4 Å². The summed E-state index contributed by atoms with van der Waals surface area (Å²) in [6.45, 7) is 1.61. The fourth-order valence-electron chi connectivity index (χ4n) is 4.30. The minimum atomic E-state index is -0.694. The van der Waals surface area contributed by atoms with Gasteiger partial charge in [0, 0.05) is 5.02 Å². The highest BCUT2D eigenvalue weighted by atomic mass is 35.5. The molecule has 2 fully saturated rings. The Morgan fingerprint density at radius 2 is 1.87 bits per heavy atom. The van der Waals surface area contributed by atoms with Crippen LogP contribution >= 0.6 is 34.5 Å². The van der Waals surface area contributed by atoms with Crippen molar-refractivity contribution in [2.75, 3.05) is 6.54 Å². The van der Waals surface area contributed by atoms with E-state index < -0.39 is 36.1 Å². The zero-order valence-electron chi connectivity index (χ0n) is 16.7. The number of nitrogens with zero attached hydrogens (tertiary/aromatic N) is 2. The van der Waals surface area contributed by atoms with Gasteiger partial charge in [-0.25, -0.2) is 5.01 Å². The standard InChI is InChI=1S/C22H20Cl2N2O4S/c1-12-4-6-14-16(9-12)22(30)26(21(14)29)25(11-18(27)19-3-2-8-31-19)20(28)15-7-5-13(23)10-17(15)24/h2-3,5,7-8,10,12,14,16H,4,6,9,11H2,1H3/t12-,14-,16-/m1/s1. The first-order valence-corrected chi connectivity index (χ1v) is 11.6. The second-order valence-corrected chi connectivity index (χ2v) is 9.80. The molecule has 0 spiro atoms. The lowest BCUT2D eigenvalue weighted by Crippen LogP contribution is -2.52. The van der Waals surface area contributed by atoms with E-state index in [1.807, 2.05) is 6.92 Å². The summed E-state index contributed by atoms with van der Waals surface area (Å²) in [7, 11) is 0. The Morgan fingerprint density at radius 3 is 2.55 bits per heavy atom. The number of amides is 3.